The van der Waals surface area contributed by atoms with Crippen molar-refractivity contribution in [3.05, 3.63) is 95.0 Å². The zero-order valence-electron chi connectivity index (χ0n) is 18.7. The Hall–Kier alpha value is -3.42. The van der Waals surface area contributed by atoms with Crippen LogP contribution in [0.5, 0.6) is 0 Å². The van der Waals surface area contributed by atoms with Crippen molar-refractivity contribution in [1.82, 2.24) is 14.8 Å². The number of hydrogen-bond acceptors (Lipinski definition) is 5. The lowest BCUT2D eigenvalue weighted by Crippen LogP contribution is -2.23. The molecule has 34 heavy (non-hydrogen) atoms. The van der Waals surface area contributed by atoms with Gasteiger partial charge in [-0.05, 0) is 43.7 Å². The summed E-state index contributed by atoms with van der Waals surface area (Å²) in [5.41, 5.74) is 2.98. The van der Waals surface area contributed by atoms with E-state index in [0.29, 0.717) is 33.8 Å². The molecule has 4 aromatic rings. The average Bonchev–Trinajstić information content (AvgIpc) is 3.21. The Balaban J connectivity index is 1.59. The molecule has 0 saturated carbocycles. The van der Waals surface area contributed by atoms with E-state index in [2.05, 4.69) is 15.5 Å². The van der Waals surface area contributed by atoms with Gasteiger partial charge in [0.1, 0.15) is 0 Å². The molecule has 1 atom stereocenters. The Bertz CT molecular complexity index is 1320. The molecule has 0 radical (unpaired) electrons. The van der Waals surface area contributed by atoms with E-state index in [1.807, 2.05) is 66.1 Å². The van der Waals surface area contributed by atoms with Gasteiger partial charge in [0.05, 0.1) is 16.8 Å². The predicted molar refractivity (Wildman–Crippen MR) is 136 cm³/mol. The summed E-state index contributed by atoms with van der Waals surface area (Å²) in [5, 5.41) is 12.4. The minimum absolute atomic E-state index is 0.0559. The van der Waals surface area contributed by atoms with Crippen molar-refractivity contribution in [1.29, 1.82) is 0 Å². The van der Waals surface area contributed by atoms with E-state index in [9.17, 15) is 9.59 Å². The molecular formula is C26H23ClN4O2S. The van der Waals surface area contributed by atoms with Gasteiger partial charge in [-0.1, -0.05) is 78.0 Å². The van der Waals surface area contributed by atoms with Gasteiger partial charge in [-0.15, -0.1) is 10.2 Å². The highest BCUT2D eigenvalue weighted by Gasteiger charge is 2.22. The summed E-state index contributed by atoms with van der Waals surface area (Å²) in [6, 6.07) is 24.4. The van der Waals surface area contributed by atoms with Crippen LogP contribution in [-0.2, 0) is 11.3 Å². The summed E-state index contributed by atoms with van der Waals surface area (Å²) in [6.07, 6.45) is 0. The fraction of sp³-hybridized carbons (Fsp3) is 0.154. The molecule has 172 valence electrons. The molecule has 0 aliphatic carbocycles. The maximum absolute atomic E-state index is 12.9. The highest BCUT2D eigenvalue weighted by atomic mass is 35.5. The number of Topliss-reactive ketones (excluding diaryl/α,β-unsaturated/α-hetero) is 1. The third-order valence-electron chi connectivity index (χ3n) is 5.20. The van der Waals surface area contributed by atoms with E-state index in [-0.39, 0.29) is 11.7 Å². The largest absolute Gasteiger partial charge is 0.325 e. The number of rotatable bonds is 8. The van der Waals surface area contributed by atoms with Crippen molar-refractivity contribution >= 4 is 40.7 Å². The Morgan fingerprint density at radius 1 is 1.00 bits per heavy atom. The molecular weight excluding hydrogens is 468 g/mol. The van der Waals surface area contributed by atoms with Gasteiger partial charge in [0.2, 0.25) is 5.91 Å². The number of nitrogens with zero attached hydrogens (tertiary/aromatic N) is 3. The Labute approximate surface area is 207 Å². The first-order chi connectivity index (χ1) is 16.4. The first-order valence-electron chi connectivity index (χ1n) is 10.7. The number of hydrogen-bond donors (Lipinski definition) is 1. The molecule has 0 spiro atoms. The second-order valence-corrected chi connectivity index (χ2v) is 9.46. The monoisotopic (exact) mass is 490 g/mol. The first kappa shape index (κ1) is 23.7. The van der Waals surface area contributed by atoms with Gasteiger partial charge in [0, 0.05) is 16.8 Å². The lowest BCUT2D eigenvalue weighted by atomic mass is 10.1. The van der Waals surface area contributed by atoms with Crippen LogP contribution in [0.15, 0.2) is 84.0 Å². The van der Waals surface area contributed by atoms with E-state index in [1.165, 1.54) is 18.7 Å². The molecule has 1 aromatic heterocycles. The summed E-state index contributed by atoms with van der Waals surface area (Å²) >= 11 is 7.76. The van der Waals surface area contributed by atoms with Crippen LogP contribution in [-0.4, -0.2) is 31.7 Å². The molecule has 6 nitrogen and oxygen atoms in total. The van der Waals surface area contributed by atoms with Gasteiger partial charge in [-0.3, -0.25) is 14.2 Å². The average molecular weight is 491 g/mol. The van der Waals surface area contributed by atoms with Crippen LogP contribution in [0.4, 0.5) is 5.69 Å². The van der Waals surface area contributed by atoms with E-state index in [0.717, 1.165) is 11.1 Å². The van der Waals surface area contributed by atoms with Crippen LogP contribution >= 0.6 is 23.4 Å². The third kappa shape index (κ3) is 5.55. The van der Waals surface area contributed by atoms with E-state index in [1.54, 1.807) is 24.3 Å². The number of halogens is 1. The zero-order valence-corrected chi connectivity index (χ0v) is 20.3. The van der Waals surface area contributed by atoms with Crippen LogP contribution in [0.3, 0.4) is 0 Å². The summed E-state index contributed by atoms with van der Waals surface area (Å²) < 4.78 is 1.97. The van der Waals surface area contributed by atoms with E-state index < -0.39 is 5.25 Å². The number of anilines is 1. The molecule has 1 amide bonds. The fourth-order valence-electron chi connectivity index (χ4n) is 3.40. The maximum Gasteiger partial charge on any atom is 0.237 e. The minimum atomic E-state index is -0.459. The molecule has 4 rings (SSSR count). The molecule has 0 saturated heterocycles. The second-order valence-electron chi connectivity index (χ2n) is 7.74. The van der Waals surface area contributed by atoms with Gasteiger partial charge in [-0.25, -0.2) is 0 Å². The minimum Gasteiger partial charge on any atom is -0.325 e. The quantitative estimate of drug-likeness (QED) is 0.243. The van der Waals surface area contributed by atoms with Crippen molar-refractivity contribution in [3.8, 4) is 11.4 Å². The van der Waals surface area contributed by atoms with Gasteiger partial charge in [-0.2, -0.15) is 0 Å². The van der Waals surface area contributed by atoms with E-state index in [4.69, 9.17) is 11.6 Å². The number of carbonyl (C=O) groups is 2. The Morgan fingerprint density at radius 3 is 2.47 bits per heavy atom. The van der Waals surface area contributed by atoms with Crippen LogP contribution < -0.4 is 5.32 Å². The van der Waals surface area contributed by atoms with Crippen molar-refractivity contribution in [2.24, 2.45) is 0 Å². The smallest absolute Gasteiger partial charge is 0.237 e. The number of aromatic nitrogens is 3. The SMILES string of the molecule is CC(=O)c1cccc(NC(=O)C(C)Sc2nnc(-c3ccccc3Cl)n2Cc2ccccc2)c1. The lowest BCUT2D eigenvalue weighted by molar-refractivity contribution is -0.115. The molecule has 3 aromatic carbocycles. The molecule has 1 N–H and O–H groups in total. The standard InChI is InChI=1S/C26H23ClN4O2S/c1-17(32)20-11-8-12-21(15-20)28-25(33)18(2)34-26-30-29-24(22-13-6-7-14-23(22)27)31(26)16-19-9-4-3-5-10-19/h3-15,18H,16H2,1-2H3,(H,28,33). The number of benzene rings is 3. The van der Waals surface area contributed by atoms with Crippen LogP contribution in [0, 0.1) is 0 Å². The molecule has 1 heterocycles. The number of nitrogens with one attached hydrogen (secondary N) is 1. The summed E-state index contributed by atoms with van der Waals surface area (Å²) in [5.74, 6) is 0.387. The van der Waals surface area contributed by atoms with Crippen LogP contribution in [0.1, 0.15) is 29.8 Å². The molecule has 0 aliphatic heterocycles. The molecule has 0 aliphatic rings. The van der Waals surface area contributed by atoms with Crippen molar-refractivity contribution < 1.29 is 9.59 Å². The normalized spacial score (nSPS) is 11.7. The molecule has 8 heteroatoms. The zero-order chi connectivity index (χ0) is 24.1. The lowest BCUT2D eigenvalue weighted by Gasteiger charge is -2.14. The summed E-state index contributed by atoms with van der Waals surface area (Å²) in [6.45, 7) is 3.84. The maximum atomic E-state index is 12.9. The number of carbonyl (C=O) groups excluding carboxylic acids is 2. The number of ketones is 1. The number of amides is 1. The third-order valence-corrected chi connectivity index (χ3v) is 6.61. The fourth-order valence-corrected chi connectivity index (χ4v) is 4.47. The summed E-state index contributed by atoms with van der Waals surface area (Å²) in [4.78, 5) is 24.5. The summed E-state index contributed by atoms with van der Waals surface area (Å²) in [7, 11) is 0. The van der Waals surface area contributed by atoms with Gasteiger partial charge >= 0.3 is 0 Å². The van der Waals surface area contributed by atoms with Gasteiger partial charge in [0.15, 0.2) is 16.8 Å². The highest BCUT2D eigenvalue weighted by Crippen LogP contribution is 2.31. The first-order valence-corrected chi connectivity index (χ1v) is 12.0. The Morgan fingerprint density at radius 2 is 1.74 bits per heavy atom. The van der Waals surface area contributed by atoms with E-state index >= 15 is 0 Å². The Kier molecular flexibility index (Phi) is 7.45. The number of thioether (sulfide) groups is 1. The molecule has 1 unspecified atom stereocenters. The predicted octanol–water partition coefficient (Wildman–Crippen LogP) is 5.97. The van der Waals surface area contributed by atoms with Crippen molar-refractivity contribution in [3.63, 3.8) is 0 Å². The topological polar surface area (TPSA) is 76.9 Å². The molecule has 0 fully saturated rings. The molecule has 0 bridgehead atoms. The van der Waals surface area contributed by atoms with Gasteiger partial charge in [0.25, 0.3) is 0 Å². The highest BCUT2D eigenvalue weighted by molar-refractivity contribution is 8.00. The second kappa shape index (κ2) is 10.7. The van der Waals surface area contributed by atoms with Crippen LogP contribution in [0.2, 0.25) is 5.02 Å². The van der Waals surface area contributed by atoms with Crippen molar-refractivity contribution in [2.45, 2.75) is 30.8 Å². The van der Waals surface area contributed by atoms with Crippen molar-refractivity contribution in [2.75, 3.05) is 5.32 Å². The van der Waals surface area contributed by atoms with Crippen LogP contribution in [0.25, 0.3) is 11.4 Å². The van der Waals surface area contributed by atoms with Gasteiger partial charge < -0.3 is 5.32 Å².